The average molecular weight is 330 g/mol. The van der Waals surface area contributed by atoms with Crippen LogP contribution < -0.4 is 15.5 Å². The van der Waals surface area contributed by atoms with Gasteiger partial charge in [0.1, 0.15) is 0 Å². The first-order chi connectivity index (χ1) is 10.3. The van der Waals surface area contributed by atoms with E-state index >= 15 is 0 Å². The summed E-state index contributed by atoms with van der Waals surface area (Å²) >= 11 is 0. The molecule has 0 saturated heterocycles. The largest absolute Gasteiger partial charge is 2.00 e. The standard InChI is InChI=1S/C14H10O2.C5H5.Fe/c15-14-12-8-4-3-7-11(12)9-13(16-14)10-5-1-2-6-10;1-2-4-5-3-1;/h1-9,15H;1-5H;/q;-1;+2/p-1. The molecule has 2 aliphatic rings. The first kappa shape index (κ1) is 16.0. The van der Waals surface area contributed by atoms with Crippen molar-refractivity contribution in [3.05, 3.63) is 101 Å². The minimum Gasteiger partial charge on any atom is -0.578 e. The van der Waals surface area contributed by atoms with E-state index < -0.39 is 0 Å². The summed E-state index contributed by atoms with van der Waals surface area (Å²) in [6.45, 7) is 0. The van der Waals surface area contributed by atoms with Gasteiger partial charge in [0, 0.05) is 11.0 Å². The number of rotatable bonds is 0. The molecule has 22 heavy (non-hydrogen) atoms. The third kappa shape index (κ3) is 3.64. The molecule has 2 aromatic rings. The number of ether oxygens (including phenoxy) is 1. The molecule has 0 fully saturated rings. The first-order valence-corrected chi connectivity index (χ1v) is 6.76. The van der Waals surface area contributed by atoms with Crippen LogP contribution in [0.5, 0.6) is 0 Å². The summed E-state index contributed by atoms with van der Waals surface area (Å²) in [6, 6.07) is 17.4. The van der Waals surface area contributed by atoms with E-state index in [-0.39, 0.29) is 23.0 Å². The second-order valence-corrected chi connectivity index (χ2v) is 4.62. The fourth-order valence-corrected chi connectivity index (χ4v) is 2.14. The van der Waals surface area contributed by atoms with E-state index in [2.05, 4.69) is 0 Å². The molecule has 0 aromatic heterocycles. The molecule has 0 amide bonds. The molecule has 0 N–H and O–H groups in total. The number of hydrogen-bond donors (Lipinski definition) is 0. The van der Waals surface area contributed by atoms with Crippen LogP contribution in [0.2, 0.25) is 0 Å². The van der Waals surface area contributed by atoms with Crippen molar-refractivity contribution >= 4 is 12.0 Å². The van der Waals surface area contributed by atoms with Crippen molar-refractivity contribution in [1.29, 1.82) is 0 Å². The van der Waals surface area contributed by atoms with E-state index in [0.717, 1.165) is 10.8 Å². The van der Waals surface area contributed by atoms with Crippen molar-refractivity contribution in [2.24, 2.45) is 0 Å². The fourth-order valence-electron chi connectivity index (χ4n) is 2.14. The maximum atomic E-state index is 11.7. The van der Waals surface area contributed by atoms with Crippen LogP contribution in [0.15, 0.2) is 90.2 Å². The number of fused-ring (bicyclic) bond motifs is 1. The van der Waals surface area contributed by atoms with Crippen LogP contribution in [-0.4, -0.2) is 0 Å². The molecule has 0 spiro atoms. The fraction of sp³-hybridized carbons (Fsp3) is 0. The molecule has 2 nitrogen and oxygen atoms in total. The predicted octanol–water partition coefficient (Wildman–Crippen LogP) is 1.71. The second kappa shape index (κ2) is 7.60. The van der Waals surface area contributed by atoms with Gasteiger partial charge < -0.3 is 9.84 Å². The van der Waals surface area contributed by atoms with Gasteiger partial charge in [-0.15, -0.1) is 0 Å². The Labute approximate surface area is 139 Å². The molecule has 1 heterocycles. The van der Waals surface area contributed by atoms with Gasteiger partial charge in [-0.2, -0.15) is 18.2 Å². The molecule has 3 heteroatoms. The average Bonchev–Trinajstić information content (AvgIpc) is 3.23. The van der Waals surface area contributed by atoms with Gasteiger partial charge in [-0.3, -0.25) is 0 Å². The molecular weight excluding hydrogens is 316 g/mol. The summed E-state index contributed by atoms with van der Waals surface area (Å²) in [5.74, 6) is 0.336. The van der Waals surface area contributed by atoms with Crippen molar-refractivity contribution in [3.63, 3.8) is 0 Å². The third-order valence-electron chi connectivity index (χ3n) is 3.17. The molecule has 1 aliphatic heterocycles. The summed E-state index contributed by atoms with van der Waals surface area (Å²) in [6.07, 6.45) is 9.58. The quantitative estimate of drug-likeness (QED) is 0.544. The normalized spacial score (nSPS) is 14.3. The summed E-state index contributed by atoms with van der Waals surface area (Å²) in [5.41, 5.74) is 0.933. The maximum absolute atomic E-state index is 11.7. The third-order valence-corrected chi connectivity index (χ3v) is 3.17. The van der Waals surface area contributed by atoms with E-state index in [1.54, 1.807) is 6.07 Å². The number of allylic oxidation sites excluding steroid dienone is 6. The molecule has 0 atom stereocenters. The van der Waals surface area contributed by atoms with Crippen molar-refractivity contribution in [2.45, 2.75) is 0 Å². The zero-order valence-corrected chi connectivity index (χ0v) is 12.9. The van der Waals surface area contributed by atoms with E-state index in [1.807, 2.05) is 78.9 Å². The van der Waals surface area contributed by atoms with Crippen LogP contribution in [0, 0.1) is 0 Å². The monoisotopic (exact) mass is 330 g/mol. The van der Waals surface area contributed by atoms with Gasteiger partial charge >= 0.3 is 17.1 Å². The molecule has 0 bridgehead atoms. The molecule has 0 unspecified atom stereocenters. The van der Waals surface area contributed by atoms with Crippen molar-refractivity contribution in [1.82, 2.24) is 0 Å². The minimum absolute atomic E-state index is 0. The van der Waals surface area contributed by atoms with Crippen molar-refractivity contribution in [2.75, 3.05) is 0 Å². The molecule has 0 saturated carbocycles. The van der Waals surface area contributed by atoms with Gasteiger partial charge in [-0.25, -0.2) is 12.1 Å². The SMILES string of the molecule is [Fe+2].[O-]C1=c2ccccc2=CC(=C2C=CC=C2)O1.c1cc[cH-]c1. The zero-order chi connectivity index (χ0) is 14.5. The van der Waals surface area contributed by atoms with Gasteiger partial charge in [-0.1, -0.05) is 48.6 Å². The molecule has 2 aromatic carbocycles. The van der Waals surface area contributed by atoms with Crippen LogP contribution in [0.1, 0.15) is 0 Å². The van der Waals surface area contributed by atoms with Crippen LogP contribution >= 0.6 is 0 Å². The Bertz CT molecular complexity index is 793. The summed E-state index contributed by atoms with van der Waals surface area (Å²) in [4.78, 5) is 0. The topological polar surface area (TPSA) is 32.3 Å². The van der Waals surface area contributed by atoms with Gasteiger partial charge in [0.2, 0.25) is 0 Å². The van der Waals surface area contributed by atoms with Gasteiger partial charge in [0.05, 0.1) is 5.95 Å². The van der Waals surface area contributed by atoms with Crippen LogP contribution in [-0.2, 0) is 21.8 Å². The van der Waals surface area contributed by atoms with Gasteiger partial charge in [0.15, 0.2) is 0 Å². The molecule has 0 radical (unpaired) electrons. The maximum Gasteiger partial charge on any atom is 2.00 e. The van der Waals surface area contributed by atoms with Crippen LogP contribution in [0.25, 0.3) is 12.0 Å². The first-order valence-electron chi connectivity index (χ1n) is 6.76. The van der Waals surface area contributed by atoms with Crippen LogP contribution in [0.3, 0.4) is 0 Å². The van der Waals surface area contributed by atoms with E-state index in [1.165, 1.54) is 0 Å². The summed E-state index contributed by atoms with van der Waals surface area (Å²) in [5, 5.41) is 13.3. The Hall–Kier alpha value is -2.35. The van der Waals surface area contributed by atoms with Crippen LogP contribution in [0.4, 0.5) is 0 Å². The molecule has 4 rings (SSSR count). The van der Waals surface area contributed by atoms with E-state index in [9.17, 15) is 5.11 Å². The smallest absolute Gasteiger partial charge is 0.578 e. The Morgan fingerprint density at radius 1 is 0.909 bits per heavy atom. The Balaban J connectivity index is 0.000000253. The van der Waals surface area contributed by atoms with E-state index in [0.29, 0.717) is 11.0 Å². The summed E-state index contributed by atoms with van der Waals surface area (Å²) < 4.78 is 5.28. The zero-order valence-electron chi connectivity index (χ0n) is 11.8. The van der Waals surface area contributed by atoms with E-state index in [4.69, 9.17) is 4.74 Å². The van der Waals surface area contributed by atoms with Gasteiger partial charge in [0.25, 0.3) is 0 Å². The Kier molecular flexibility index (Phi) is 5.54. The van der Waals surface area contributed by atoms with Gasteiger partial charge in [-0.05, 0) is 16.9 Å². The van der Waals surface area contributed by atoms with Crippen molar-refractivity contribution in [3.8, 4) is 0 Å². The summed E-state index contributed by atoms with van der Waals surface area (Å²) in [7, 11) is 0. The Morgan fingerprint density at radius 2 is 1.59 bits per heavy atom. The van der Waals surface area contributed by atoms with Crippen molar-refractivity contribution < 1.29 is 26.9 Å². The molecular formula is C19H14FeO2. The molecule has 110 valence electrons. The second-order valence-electron chi connectivity index (χ2n) is 4.62. The number of hydrogen-bond acceptors (Lipinski definition) is 2. The molecule has 1 aliphatic carbocycles. The minimum atomic E-state index is -0.283. The number of benzene rings is 1. The Morgan fingerprint density at radius 3 is 2.23 bits per heavy atom. The predicted molar refractivity (Wildman–Crippen MR) is 82.0 cm³/mol.